The van der Waals surface area contributed by atoms with Gasteiger partial charge in [-0.15, -0.1) is 0 Å². The molecule has 2 aromatic rings. The van der Waals surface area contributed by atoms with Gasteiger partial charge in [-0.3, -0.25) is 9.97 Å². The van der Waals surface area contributed by atoms with Gasteiger partial charge in [0.1, 0.15) is 11.2 Å². The van der Waals surface area contributed by atoms with Gasteiger partial charge in [0.2, 0.25) is 0 Å². The van der Waals surface area contributed by atoms with E-state index in [0.29, 0.717) is 48.4 Å². The first kappa shape index (κ1) is 13.5. The Morgan fingerprint density at radius 2 is 1.14 bits per heavy atom. The Hall–Kier alpha value is -2.18. The van der Waals surface area contributed by atoms with Crippen LogP contribution in [0.2, 0.25) is 0 Å². The van der Waals surface area contributed by atoms with E-state index in [2.05, 4.69) is 9.97 Å². The zero-order chi connectivity index (χ0) is 15.5. The van der Waals surface area contributed by atoms with Crippen LogP contribution >= 0.6 is 0 Å². The average molecular weight is 298 g/mol. The fourth-order valence-electron chi connectivity index (χ4n) is 2.77. The standard InChI is InChI=1S/C16H18N4O2/c17-11-5-9(7-19-13(11)15(21)1-2-15)10-6-12(18)14(20-8-10)16(22)3-4-16/h5-8,21-22H,1-4,17-18H2. The van der Waals surface area contributed by atoms with Crippen molar-refractivity contribution in [1.29, 1.82) is 0 Å². The number of nitrogens with zero attached hydrogens (tertiary/aromatic N) is 2. The van der Waals surface area contributed by atoms with Crippen molar-refractivity contribution in [3.05, 3.63) is 35.9 Å². The summed E-state index contributed by atoms with van der Waals surface area (Å²) in [7, 11) is 0. The van der Waals surface area contributed by atoms with Crippen LogP contribution in [-0.2, 0) is 11.2 Å². The van der Waals surface area contributed by atoms with Crippen LogP contribution in [0.4, 0.5) is 11.4 Å². The molecule has 2 aliphatic carbocycles. The first-order valence-corrected chi connectivity index (χ1v) is 7.38. The Kier molecular flexibility index (Phi) is 2.56. The number of aromatic nitrogens is 2. The molecule has 4 rings (SSSR count). The largest absolute Gasteiger partial charge is 0.397 e. The smallest absolute Gasteiger partial charge is 0.109 e. The van der Waals surface area contributed by atoms with Gasteiger partial charge in [0.25, 0.3) is 0 Å². The molecule has 6 heteroatoms. The predicted molar refractivity (Wildman–Crippen MR) is 82.6 cm³/mol. The predicted octanol–water partition coefficient (Wildman–Crippen LogP) is 1.27. The molecular formula is C16H18N4O2. The molecule has 6 N–H and O–H groups in total. The van der Waals surface area contributed by atoms with E-state index in [-0.39, 0.29) is 0 Å². The molecule has 0 aromatic carbocycles. The maximum absolute atomic E-state index is 10.1. The third-order valence-electron chi connectivity index (χ3n) is 4.50. The average Bonchev–Trinajstić information content (AvgIpc) is 3.39. The number of pyridine rings is 2. The molecule has 0 spiro atoms. The number of nitrogens with two attached hydrogens (primary N) is 2. The SMILES string of the molecule is Nc1cc(-c2cnc(C3(O)CC3)c(N)c2)cnc1C1(O)CC1. The van der Waals surface area contributed by atoms with Crippen molar-refractivity contribution < 1.29 is 10.2 Å². The minimum absolute atomic E-state index is 0.473. The van der Waals surface area contributed by atoms with Gasteiger partial charge in [0, 0.05) is 23.5 Å². The van der Waals surface area contributed by atoms with Crippen LogP contribution in [0.5, 0.6) is 0 Å². The highest BCUT2D eigenvalue weighted by Gasteiger charge is 2.46. The van der Waals surface area contributed by atoms with Crippen molar-refractivity contribution >= 4 is 11.4 Å². The fourth-order valence-corrected chi connectivity index (χ4v) is 2.77. The molecule has 0 unspecified atom stereocenters. The highest BCUT2D eigenvalue weighted by Crippen LogP contribution is 2.48. The minimum atomic E-state index is -0.848. The van der Waals surface area contributed by atoms with E-state index in [1.54, 1.807) is 24.5 Å². The van der Waals surface area contributed by atoms with Crippen LogP contribution in [-0.4, -0.2) is 20.2 Å². The number of hydrogen-bond acceptors (Lipinski definition) is 6. The van der Waals surface area contributed by atoms with Gasteiger partial charge in [0.15, 0.2) is 0 Å². The maximum atomic E-state index is 10.1. The second-order valence-electron chi connectivity index (χ2n) is 6.39. The van der Waals surface area contributed by atoms with Gasteiger partial charge >= 0.3 is 0 Å². The quantitative estimate of drug-likeness (QED) is 0.677. The lowest BCUT2D eigenvalue weighted by molar-refractivity contribution is 0.147. The van der Waals surface area contributed by atoms with Gasteiger partial charge in [-0.1, -0.05) is 0 Å². The summed E-state index contributed by atoms with van der Waals surface area (Å²) in [5.41, 5.74) is 14.0. The van der Waals surface area contributed by atoms with Gasteiger partial charge in [-0.25, -0.2) is 0 Å². The summed E-state index contributed by atoms with van der Waals surface area (Å²) >= 11 is 0. The Morgan fingerprint density at radius 3 is 1.41 bits per heavy atom. The Bertz CT molecular complexity index is 701. The molecule has 2 aliphatic rings. The molecule has 2 heterocycles. The third kappa shape index (κ3) is 2.03. The molecule has 6 nitrogen and oxygen atoms in total. The molecule has 0 radical (unpaired) electrons. The zero-order valence-electron chi connectivity index (χ0n) is 12.1. The van der Waals surface area contributed by atoms with Crippen LogP contribution in [0.25, 0.3) is 11.1 Å². The lowest BCUT2D eigenvalue weighted by atomic mass is 10.0. The fraction of sp³-hybridized carbons (Fsp3) is 0.375. The van der Waals surface area contributed by atoms with E-state index in [1.807, 2.05) is 0 Å². The number of anilines is 2. The van der Waals surface area contributed by atoms with Crippen molar-refractivity contribution in [3.63, 3.8) is 0 Å². The first-order chi connectivity index (χ1) is 10.4. The molecule has 0 bridgehead atoms. The van der Waals surface area contributed by atoms with Gasteiger partial charge in [0.05, 0.1) is 22.8 Å². The summed E-state index contributed by atoms with van der Waals surface area (Å²) in [4.78, 5) is 8.62. The van der Waals surface area contributed by atoms with E-state index in [1.165, 1.54) is 0 Å². The summed E-state index contributed by atoms with van der Waals surface area (Å²) < 4.78 is 0. The molecule has 114 valence electrons. The highest BCUT2D eigenvalue weighted by molar-refractivity contribution is 5.70. The van der Waals surface area contributed by atoms with E-state index in [4.69, 9.17) is 11.5 Å². The second-order valence-corrected chi connectivity index (χ2v) is 6.39. The molecule has 22 heavy (non-hydrogen) atoms. The van der Waals surface area contributed by atoms with Crippen molar-refractivity contribution in [3.8, 4) is 11.1 Å². The lowest BCUT2D eigenvalue weighted by Crippen LogP contribution is -2.12. The second kappa shape index (κ2) is 4.18. The number of hydrogen-bond donors (Lipinski definition) is 4. The molecule has 0 aliphatic heterocycles. The van der Waals surface area contributed by atoms with Gasteiger partial charge < -0.3 is 21.7 Å². The monoisotopic (exact) mass is 298 g/mol. The van der Waals surface area contributed by atoms with E-state index >= 15 is 0 Å². The lowest BCUT2D eigenvalue weighted by Gasteiger charge is -2.14. The first-order valence-electron chi connectivity index (χ1n) is 7.38. The number of rotatable bonds is 3. The minimum Gasteiger partial charge on any atom is -0.397 e. The molecule has 0 atom stereocenters. The molecule has 0 saturated heterocycles. The van der Waals surface area contributed by atoms with Gasteiger partial charge in [-0.05, 0) is 37.8 Å². The molecule has 2 fully saturated rings. The molecule has 2 aromatic heterocycles. The van der Waals surface area contributed by atoms with Crippen LogP contribution in [0, 0.1) is 0 Å². The summed E-state index contributed by atoms with van der Waals surface area (Å²) in [6, 6.07) is 3.56. The highest BCUT2D eigenvalue weighted by atomic mass is 16.3. The van der Waals surface area contributed by atoms with E-state index in [0.717, 1.165) is 11.1 Å². The van der Waals surface area contributed by atoms with Crippen molar-refractivity contribution in [2.24, 2.45) is 0 Å². The Morgan fingerprint density at radius 1 is 0.773 bits per heavy atom. The molecule has 0 amide bonds. The molecular weight excluding hydrogens is 280 g/mol. The van der Waals surface area contributed by atoms with E-state index in [9.17, 15) is 10.2 Å². The normalized spacial score (nSPS) is 20.6. The Labute approximate surface area is 127 Å². The zero-order valence-corrected chi connectivity index (χ0v) is 12.1. The summed E-state index contributed by atoms with van der Waals surface area (Å²) in [5, 5.41) is 20.2. The van der Waals surface area contributed by atoms with Crippen molar-refractivity contribution in [2.45, 2.75) is 36.9 Å². The topological polar surface area (TPSA) is 118 Å². The van der Waals surface area contributed by atoms with Crippen molar-refractivity contribution in [2.75, 3.05) is 11.5 Å². The Balaban J connectivity index is 1.70. The summed E-state index contributed by atoms with van der Waals surface area (Å²) in [6.07, 6.45) is 6.14. The van der Waals surface area contributed by atoms with Crippen LogP contribution in [0.15, 0.2) is 24.5 Å². The summed E-state index contributed by atoms with van der Waals surface area (Å²) in [6.45, 7) is 0. The van der Waals surface area contributed by atoms with Crippen LogP contribution in [0.3, 0.4) is 0 Å². The molecule has 2 saturated carbocycles. The third-order valence-corrected chi connectivity index (χ3v) is 4.50. The number of aliphatic hydroxyl groups is 2. The van der Waals surface area contributed by atoms with Gasteiger partial charge in [-0.2, -0.15) is 0 Å². The maximum Gasteiger partial charge on any atom is 0.109 e. The van der Waals surface area contributed by atoms with Crippen LogP contribution < -0.4 is 11.5 Å². The van der Waals surface area contributed by atoms with Crippen molar-refractivity contribution in [1.82, 2.24) is 9.97 Å². The van der Waals surface area contributed by atoms with E-state index < -0.39 is 11.2 Å². The van der Waals surface area contributed by atoms with Crippen LogP contribution in [0.1, 0.15) is 37.1 Å². The number of nitrogen functional groups attached to an aromatic ring is 2. The summed E-state index contributed by atoms with van der Waals surface area (Å²) in [5.74, 6) is 0.